The van der Waals surface area contributed by atoms with E-state index in [0.717, 1.165) is 30.9 Å². The Bertz CT molecular complexity index is 576. The molecule has 25 heavy (non-hydrogen) atoms. The standard InChI is InChI=1S/C19H34N2O3S/c1-5-19(24-4)7-6-17(3)25(22,23)21-14-10-18(11-15-21)20-12-8-16(2)9-13-20/h6-7,16,18H,5,8-15H2,1-4H3/b17-6+,19-7+. The molecule has 2 aliphatic heterocycles. The summed E-state index contributed by atoms with van der Waals surface area (Å²) >= 11 is 0. The van der Waals surface area contributed by atoms with Crippen LogP contribution in [0.2, 0.25) is 0 Å². The van der Waals surface area contributed by atoms with Crippen LogP contribution in [0.15, 0.2) is 22.8 Å². The lowest BCUT2D eigenvalue weighted by molar-refractivity contribution is 0.101. The lowest BCUT2D eigenvalue weighted by Crippen LogP contribution is -2.48. The summed E-state index contributed by atoms with van der Waals surface area (Å²) in [5, 5.41) is 0. The number of nitrogens with zero attached hydrogens (tertiary/aromatic N) is 2. The minimum absolute atomic E-state index is 0.390. The molecule has 2 saturated heterocycles. The third-order valence-electron chi connectivity index (χ3n) is 5.62. The second-order valence-electron chi connectivity index (χ2n) is 7.32. The molecule has 6 heteroatoms. The van der Waals surface area contributed by atoms with Crippen LogP contribution in [0.5, 0.6) is 0 Å². The average Bonchev–Trinajstić information content (AvgIpc) is 2.63. The van der Waals surface area contributed by atoms with E-state index in [1.165, 1.54) is 25.9 Å². The lowest BCUT2D eigenvalue weighted by atomic mass is 9.95. The van der Waals surface area contributed by atoms with Gasteiger partial charge in [0.05, 0.1) is 17.8 Å². The summed E-state index contributed by atoms with van der Waals surface area (Å²) in [4.78, 5) is 2.96. The van der Waals surface area contributed by atoms with Gasteiger partial charge in [0.2, 0.25) is 10.0 Å². The first-order valence-electron chi connectivity index (χ1n) is 9.54. The average molecular weight is 371 g/mol. The molecule has 0 aromatic carbocycles. The van der Waals surface area contributed by atoms with E-state index in [1.54, 1.807) is 30.5 Å². The second kappa shape index (κ2) is 9.19. The molecule has 0 aromatic rings. The highest BCUT2D eigenvalue weighted by Gasteiger charge is 2.32. The van der Waals surface area contributed by atoms with Crippen LogP contribution in [-0.2, 0) is 14.8 Å². The van der Waals surface area contributed by atoms with E-state index >= 15 is 0 Å². The fourth-order valence-corrected chi connectivity index (χ4v) is 5.01. The number of hydrogen-bond acceptors (Lipinski definition) is 4. The number of piperidine rings is 2. The molecule has 0 saturated carbocycles. The second-order valence-corrected chi connectivity index (χ2v) is 9.43. The van der Waals surface area contributed by atoms with Crippen LogP contribution < -0.4 is 0 Å². The van der Waals surface area contributed by atoms with Gasteiger partial charge in [-0.1, -0.05) is 13.8 Å². The first kappa shape index (κ1) is 20.5. The van der Waals surface area contributed by atoms with Crippen molar-refractivity contribution in [3.63, 3.8) is 0 Å². The Morgan fingerprint density at radius 1 is 1.08 bits per heavy atom. The highest BCUT2D eigenvalue weighted by molar-refractivity contribution is 7.93. The summed E-state index contributed by atoms with van der Waals surface area (Å²) in [6, 6.07) is 0.545. The minimum Gasteiger partial charge on any atom is -0.501 e. The minimum atomic E-state index is -3.36. The Labute approximate surface area is 153 Å². The van der Waals surface area contributed by atoms with Gasteiger partial charge in [-0.25, -0.2) is 8.42 Å². The highest BCUT2D eigenvalue weighted by Crippen LogP contribution is 2.26. The molecule has 2 fully saturated rings. The summed E-state index contributed by atoms with van der Waals surface area (Å²) in [6.45, 7) is 9.56. The first-order chi connectivity index (χ1) is 11.9. The molecule has 0 unspecified atom stereocenters. The van der Waals surface area contributed by atoms with Gasteiger partial charge in [0.15, 0.2) is 0 Å². The smallest absolute Gasteiger partial charge is 0.238 e. The number of ether oxygens (including phenoxy) is 1. The summed E-state index contributed by atoms with van der Waals surface area (Å²) in [5.74, 6) is 1.62. The molecule has 5 nitrogen and oxygen atoms in total. The third-order valence-corrected chi connectivity index (χ3v) is 7.61. The monoisotopic (exact) mass is 370 g/mol. The van der Waals surface area contributed by atoms with E-state index in [0.29, 0.717) is 24.0 Å². The maximum absolute atomic E-state index is 12.8. The van der Waals surface area contributed by atoms with Crippen LogP contribution in [0.4, 0.5) is 0 Å². The first-order valence-corrected chi connectivity index (χ1v) is 11.0. The van der Waals surface area contributed by atoms with Crippen molar-refractivity contribution < 1.29 is 13.2 Å². The molecule has 0 atom stereocenters. The molecule has 0 bridgehead atoms. The Balaban J connectivity index is 1.94. The number of likely N-dealkylation sites (tertiary alicyclic amines) is 1. The normalized spacial score (nSPS) is 23.8. The SMILES string of the molecule is CC/C(=C\C=C(/C)S(=O)(=O)N1CCC(N2CCC(C)CC2)CC1)OC. The van der Waals surface area contributed by atoms with Crippen LogP contribution in [0, 0.1) is 5.92 Å². The summed E-state index contributed by atoms with van der Waals surface area (Å²) in [5.41, 5.74) is 0. The molecule has 2 rings (SSSR count). The van der Waals surface area contributed by atoms with Crippen LogP contribution in [0.1, 0.15) is 52.9 Å². The molecule has 0 N–H and O–H groups in total. The summed E-state index contributed by atoms with van der Waals surface area (Å²) < 4.78 is 32.4. The van der Waals surface area contributed by atoms with E-state index in [2.05, 4.69) is 11.8 Å². The predicted molar refractivity (Wildman–Crippen MR) is 103 cm³/mol. The number of rotatable bonds is 6. The Morgan fingerprint density at radius 3 is 2.20 bits per heavy atom. The molecule has 0 spiro atoms. The maximum Gasteiger partial charge on any atom is 0.238 e. The van der Waals surface area contributed by atoms with Crippen LogP contribution >= 0.6 is 0 Å². The number of allylic oxidation sites excluding steroid dienone is 4. The van der Waals surface area contributed by atoms with Crippen molar-refractivity contribution in [2.75, 3.05) is 33.3 Å². The van der Waals surface area contributed by atoms with Crippen molar-refractivity contribution in [2.45, 2.75) is 58.9 Å². The van der Waals surface area contributed by atoms with Crippen LogP contribution in [-0.4, -0.2) is 57.0 Å². The molecule has 0 aromatic heterocycles. The van der Waals surface area contributed by atoms with Gasteiger partial charge in [-0.2, -0.15) is 4.31 Å². The quantitative estimate of drug-likeness (QED) is 0.531. The van der Waals surface area contributed by atoms with Crippen molar-refractivity contribution in [1.29, 1.82) is 0 Å². The van der Waals surface area contributed by atoms with Crippen molar-refractivity contribution >= 4 is 10.0 Å². The van der Waals surface area contributed by atoms with Crippen LogP contribution in [0.3, 0.4) is 0 Å². The largest absolute Gasteiger partial charge is 0.501 e. The summed E-state index contributed by atoms with van der Waals surface area (Å²) in [6.07, 6.45) is 8.59. The van der Waals surface area contributed by atoms with E-state index in [4.69, 9.17) is 4.74 Å². The van der Waals surface area contributed by atoms with Crippen molar-refractivity contribution in [3.05, 3.63) is 22.8 Å². The molecule has 0 aliphatic carbocycles. The van der Waals surface area contributed by atoms with Crippen molar-refractivity contribution in [1.82, 2.24) is 9.21 Å². The molecule has 144 valence electrons. The Hall–Kier alpha value is -0.850. The van der Waals surface area contributed by atoms with Crippen molar-refractivity contribution in [2.24, 2.45) is 5.92 Å². The molecular formula is C19H34N2O3S. The third kappa shape index (κ3) is 5.31. The van der Waals surface area contributed by atoms with Gasteiger partial charge in [-0.05, 0) is 63.8 Å². The van der Waals surface area contributed by atoms with Gasteiger partial charge >= 0.3 is 0 Å². The topological polar surface area (TPSA) is 49.9 Å². The van der Waals surface area contributed by atoms with Gasteiger partial charge in [0, 0.05) is 25.6 Å². The van der Waals surface area contributed by atoms with Crippen molar-refractivity contribution in [3.8, 4) is 0 Å². The summed E-state index contributed by atoms with van der Waals surface area (Å²) in [7, 11) is -1.75. The molecule has 2 heterocycles. The van der Waals surface area contributed by atoms with Crippen LogP contribution in [0.25, 0.3) is 0 Å². The van der Waals surface area contributed by atoms with E-state index in [9.17, 15) is 8.42 Å². The maximum atomic E-state index is 12.8. The van der Waals surface area contributed by atoms with E-state index < -0.39 is 10.0 Å². The Morgan fingerprint density at radius 2 is 1.68 bits per heavy atom. The fraction of sp³-hybridized carbons (Fsp3) is 0.789. The van der Waals surface area contributed by atoms with E-state index in [1.807, 2.05) is 6.92 Å². The van der Waals surface area contributed by atoms with Gasteiger partial charge < -0.3 is 9.64 Å². The number of sulfonamides is 1. The highest BCUT2D eigenvalue weighted by atomic mass is 32.2. The van der Waals surface area contributed by atoms with Gasteiger partial charge in [-0.3, -0.25) is 0 Å². The molecule has 0 amide bonds. The molecule has 2 aliphatic rings. The molecular weight excluding hydrogens is 336 g/mol. The predicted octanol–water partition coefficient (Wildman–Crippen LogP) is 3.36. The number of methoxy groups -OCH3 is 1. The molecule has 0 radical (unpaired) electrons. The lowest BCUT2D eigenvalue weighted by Gasteiger charge is -2.41. The van der Waals surface area contributed by atoms with Gasteiger partial charge in [0.1, 0.15) is 0 Å². The zero-order valence-corrected chi connectivity index (χ0v) is 17.0. The Kier molecular flexibility index (Phi) is 7.52. The van der Waals surface area contributed by atoms with Gasteiger partial charge in [-0.15, -0.1) is 0 Å². The fourth-order valence-electron chi connectivity index (χ4n) is 3.67. The van der Waals surface area contributed by atoms with E-state index in [-0.39, 0.29) is 0 Å². The zero-order chi connectivity index (χ0) is 18.4. The van der Waals surface area contributed by atoms with Gasteiger partial charge in [0.25, 0.3) is 0 Å². The number of hydrogen-bond donors (Lipinski definition) is 0. The zero-order valence-electron chi connectivity index (χ0n) is 16.2.